The molecule has 1 saturated heterocycles. The third kappa shape index (κ3) is 3.79. The molecule has 0 aliphatic carbocycles. The number of aromatic nitrogens is 3. The van der Waals surface area contributed by atoms with Gasteiger partial charge in [-0.25, -0.2) is 9.67 Å². The summed E-state index contributed by atoms with van der Waals surface area (Å²) in [4.78, 5) is 6.77. The summed E-state index contributed by atoms with van der Waals surface area (Å²) in [5.74, 6) is 1.59. The largest absolute Gasteiger partial charge is 0.389 e. The summed E-state index contributed by atoms with van der Waals surface area (Å²) in [6, 6.07) is 0.289. The lowest BCUT2D eigenvalue weighted by molar-refractivity contribution is -0.0249. The van der Waals surface area contributed by atoms with Gasteiger partial charge in [-0.3, -0.25) is 0 Å². The zero-order chi connectivity index (χ0) is 14.8. The molecule has 2 heterocycles. The Balaban J connectivity index is 1.95. The van der Waals surface area contributed by atoms with E-state index < -0.39 is 5.60 Å². The number of hydrogen-bond acceptors (Lipinski definition) is 4. The summed E-state index contributed by atoms with van der Waals surface area (Å²) in [5.41, 5.74) is -0.618. The number of likely N-dealkylation sites (tertiary alicyclic amines) is 1. The van der Waals surface area contributed by atoms with Crippen molar-refractivity contribution in [3.8, 4) is 0 Å². The zero-order valence-corrected chi connectivity index (χ0v) is 13.2. The van der Waals surface area contributed by atoms with E-state index in [1.807, 2.05) is 4.68 Å². The zero-order valence-electron chi connectivity index (χ0n) is 13.2. The Labute approximate surface area is 122 Å². The quantitative estimate of drug-likeness (QED) is 0.895. The average molecular weight is 280 g/mol. The van der Waals surface area contributed by atoms with Gasteiger partial charge in [0.1, 0.15) is 12.2 Å². The van der Waals surface area contributed by atoms with Crippen LogP contribution in [-0.4, -0.2) is 50.0 Å². The second kappa shape index (κ2) is 6.22. The molecule has 5 nitrogen and oxygen atoms in total. The molecule has 0 spiro atoms. The number of hydrogen-bond donors (Lipinski definition) is 1. The summed E-state index contributed by atoms with van der Waals surface area (Å²) >= 11 is 0. The maximum atomic E-state index is 10.8. The van der Waals surface area contributed by atoms with Crippen LogP contribution in [0.3, 0.4) is 0 Å². The molecule has 20 heavy (non-hydrogen) atoms. The third-order valence-corrected chi connectivity index (χ3v) is 4.03. The van der Waals surface area contributed by atoms with E-state index >= 15 is 0 Å². The van der Waals surface area contributed by atoms with E-state index in [1.165, 1.54) is 0 Å². The second-order valence-electron chi connectivity index (χ2n) is 6.81. The molecule has 5 heteroatoms. The Morgan fingerprint density at radius 1 is 1.25 bits per heavy atom. The van der Waals surface area contributed by atoms with Crippen molar-refractivity contribution in [2.24, 2.45) is 5.92 Å². The summed E-state index contributed by atoms with van der Waals surface area (Å²) in [5, 5.41) is 15.0. The molecule has 1 aromatic rings. The summed E-state index contributed by atoms with van der Waals surface area (Å²) in [7, 11) is 0. The molecule has 0 radical (unpaired) electrons. The molecule has 0 atom stereocenters. The van der Waals surface area contributed by atoms with E-state index in [1.54, 1.807) is 6.33 Å². The van der Waals surface area contributed by atoms with Gasteiger partial charge in [0, 0.05) is 32.1 Å². The lowest BCUT2D eigenvalue weighted by Gasteiger charge is -2.38. The number of nitrogens with zero attached hydrogens (tertiary/aromatic N) is 4. The fourth-order valence-corrected chi connectivity index (χ4v) is 2.97. The molecule has 1 aromatic heterocycles. The van der Waals surface area contributed by atoms with Gasteiger partial charge in [0.15, 0.2) is 0 Å². The van der Waals surface area contributed by atoms with Crippen molar-refractivity contribution < 1.29 is 5.11 Å². The van der Waals surface area contributed by atoms with Gasteiger partial charge in [-0.05, 0) is 32.6 Å². The fraction of sp³-hybridized carbons (Fsp3) is 0.867. The minimum atomic E-state index is -0.618. The first-order valence-corrected chi connectivity index (χ1v) is 7.73. The minimum Gasteiger partial charge on any atom is -0.389 e. The van der Waals surface area contributed by atoms with Crippen molar-refractivity contribution in [3.05, 3.63) is 12.2 Å². The summed E-state index contributed by atoms with van der Waals surface area (Å²) in [6.07, 6.45) is 3.85. The number of piperidine rings is 1. The highest BCUT2D eigenvalue weighted by molar-refractivity contribution is 4.98. The highest BCUT2D eigenvalue weighted by Gasteiger charge is 2.34. The Kier molecular flexibility index (Phi) is 4.81. The Morgan fingerprint density at radius 3 is 2.45 bits per heavy atom. The highest BCUT2D eigenvalue weighted by atomic mass is 16.3. The molecule has 1 fully saturated rings. The van der Waals surface area contributed by atoms with Gasteiger partial charge in [0.2, 0.25) is 0 Å². The van der Waals surface area contributed by atoms with Crippen molar-refractivity contribution >= 4 is 0 Å². The molecular weight excluding hydrogens is 252 g/mol. The van der Waals surface area contributed by atoms with Crippen LogP contribution >= 0.6 is 0 Å². The lowest BCUT2D eigenvalue weighted by atomic mass is 9.87. The first-order valence-electron chi connectivity index (χ1n) is 7.73. The van der Waals surface area contributed by atoms with E-state index in [0.29, 0.717) is 12.3 Å². The maximum absolute atomic E-state index is 10.8. The van der Waals surface area contributed by atoms with Crippen molar-refractivity contribution in [2.45, 2.75) is 58.6 Å². The highest BCUT2D eigenvalue weighted by Crippen LogP contribution is 2.26. The molecule has 0 saturated carbocycles. The van der Waals surface area contributed by atoms with Crippen LogP contribution in [0.25, 0.3) is 0 Å². The summed E-state index contributed by atoms with van der Waals surface area (Å²) in [6.45, 7) is 11.7. The Hall–Kier alpha value is -0.940. The topological polar surface area (TPSA) is 54.2 Å². The molecule has 0 amide bonds. The van der Waals surface area contributed by atoms with Gasteiger partial charge >= 0.3 is 0 Å². The molecule has 1 aliphatic heterocycles. The molecular formula is C15H28N4O. The smallest absolute Gasteiger partial charge is 0.138 e. The standard InChI is InChI=1S/C15H28N4O/c1-12(2)10-18-7-5-15(20,6-8-18)9-14-16-11-17-19(14)13(3)4/h11-13,20H,5-10H2,1-4H3. The fourth-order valence-electron chi connectivity index (χ4n) is 2.97. The Bertz CT molecular complexity index is 419. The van der Waals surface area contributed by atoms with Crippen LogP contribution < -0.4 is 0 Å². The van der Waals surface area contributed by atoms with Crippen LogP contribution in [0.2, 0.25) is 0 Å². The number of rotatable bonds is 5. The van der Waals surface area contributed by atoms with Crippen LogP contribution in [0.4, 0.5) is 0 Å². The van der Waals surface area contributed by atoms with E-state index in [-0.39, 0.29) is 6.04 Å². The van der Waals surface area contributed by atoms with Gasteiger partial charge in [0.05, 0.1) is 5.60 Å². The van der Waals surface area contributed by atoms with E-state index in [4.69, 9.17) is 0 Å². The molecule has 0 bridgehead atoms. The van der Waals surface area contributed by atoms with Crippen molar-refractivity contribution in [2.75, 3.05) is 19.6 Å². The Morgan fingerprint density at radius 2 is 1.90 bits per heavy atom. The van der Waals surface area contributed by atoms with Crippen LogP contribution in [0.5, 0.6) is 0 Å². The van der Waals surface area contributed by atoms with Crippen LogP contribution in [0.1, 0.15) is 52.4 Å². The monoisotopic (exact) mass is 280 g/mol. The van der Waals surface area contributed by atoms with Gasteiger partial charge in [0.25, 0.3) is 0 Å². The molecule has 1 aliphatic rings. The van der Waals surface area contributed by atoms with E-state index in [0.717, 1.165) is 38.3 Å². The normalized spacial score (nSPS) is 19.9. The van der Waals surface area contributed by atoms with Crippen molar-refractivity contribution in [1.29, 1.82) is 0 Å². The van der Waals surface area contributed by atoms with Gasteiger partial charge in [-0.2, -0.15) is 5.10 Å². The SMILES string of the molecule is CC(C)CN1CCC(O)(Cc2ncnn2C(C)C)CC1. The van der Waals surface area contributed by atoms with Crippen LogP contribution in [-0.2, 0) is 6.42 Å². The predicted molar refractivity (Wildman–Crippen MR) is 79.6 cm³/mol. The lowest BCUT2D eigenvalue weighted by Crippen LogP contribution is -2.47. The molecule has 0 unspecified atom stereocenters. The second-order valence-corrected chi connectivity index (χ2v) is 6.81. The van der Waals surface area contributed by atoms with Crippen LogP contribution in [0, 0.1) is 5.92 Å². The first-order chi connectivity index (χ1) is 9.39. The molecule has 2 rings (SSSR count). The van der Waals surface area contributed by atoms with Gasteiger partial charge < -0.3 is 10.0 Å². The van der Waals surface area contributed by atoms with E-state index in [9.17, 15) is 5.11 Å². The van der Waals surface area contributed by atoms with Gasteiger partial charge in [-0.15, -0.1) is 0 Å². The van der Waals surface area contributed by atoms with Gasteiger partial charge in [-0.1, -0.05) is 13.8 Å². The maximum Gasteiger partial charge on any atom is 0.138 e. The van der Waals surface area contributed by atoms with Crippen molar-refractivity contribution in [3.63, 3.8) is 0 Å². The average Bonchev–Trinajstić information content (AvgIpc) is 2.80. The number of aliphatic hydroxyl groups is 1. The predicted octanol–water partition coefficient (Wildman–Crippen LogP) is 1.88. The third-order valence-electron chi connectivity index (χ3n) is 4.03. The minimum absolute atomic E-state index is 0.289. The molecule has 114 valence electrons. The summed E-state index contributed by atoms with van der Waals surface area (Å²) < 4.78 is 1.92. The van der Waals surface area contributed by atoms with E-state index in [2.05, 4.69) is 42.7 Å². The van der Waals surface area contributed by atoms with Crippen LogP contribution in [0.15, 0.2) is 6.33 Å². The molecule has 1 N–H and O–H groups in total. The van der Waals surface area contributed by atoms with Crippen molar-refractivity contribution in [1.82, 2.24) is 19.7 Å². The first kappa shape index (κ1) is 15.4. The molecule has 0 aromatic carbocycles.